The fourth-order valence-corrected chi connectivity index (χ4v) is 3.06. The zero-order valence-electron chi connectivity index (χ0n) is 14.0. The molecule has 1 unspecified atom stereocenters. The molecule has 0 aliphatic heterocycles. The van der Waals surface area contributed by atoms with Crippen molar-refractivity contribution in [1.29, 1.82) is 0 Å². The molecule has 1 aliphatic carbocycles. The lowest BCUT2D eigenvalue weighted by Crippen LogP contribution is -2.51. The van der Waals surface area contributed by atoms with E-state index < -0.39 is 6.04 Å². The number of ether oxygens (including phenoxy) is 1. The molecule has 2 amide bonds. The molecule has 0 heterocycles. The molecule has 0 bridgehead atoms. The highest BCUT2D eigenvalue weighted by molar-refractivity contribution is 5.87. The van der Waals surface area contributed by atoms with Gasteiger partial charge in [0.05, 0.1) is 6.54 Å². The molecule has 0 aromatic heterocycles. The lowest BCUT2D eigenvalue weighted by molar-refractivity contribution is -0.136. The molecule has 1 N–H and O–H groups in total. The van der Waals surface area contributed by atoms with Crippen LogP contribution in [0.3, 0.4) is 0 Å². The third-order valence-corrected chi connectivity index (χ3v) is 4.31. The highest BCUT2D eigenvalue weighted by atomic mass is 16.5. The molecule has 1 aromatic carbocycles. The Morgan fingerprint density at radius 2 is 1.91 bits per heavy atom. The maximum Gasteiger partial charge on any atom is 0.245 e. The van der Waals surface area contributed by atoms with E-state index in [-0.39, 0.29) is 17.7 Å². The number of nitrogens with one attached hydrogen (secondary N) is 1. The lowest BCUT2D eigenvalue weighted by Gasteiger charge is -2.28. The average Bonchev–Trinajstić information content (AvgIpc) is 3.07. The van der Waals surface area contributed by atoms with Crippen molar-refractivity contribution >= 4 is 11.8 Å². The number of para-hydroxylation sites is 1. The second-order valence-electron chi connectivity index (χ2n) is 6.14. The highest BCUT2D eigenvalue weighted by Gasteiger charge is 2.32. The van der Waals surface area contributed by atoms with Gasteiger partial charge in [0.25, 0.3) is 0 Å². The number of carbonyl (C=O) groups excluding carboxylic acids is 2. The second kappa shape index (κ2) is 8.56. The van der Waals surface area contributed by atoms with Gasteiger partial charge in [0.1, 0.15) is 18.4 Å². The van der Waals surface area contributed by atoms with Gasteiger partial charge in [-0.25, -0.2) is 0 Å². The molecule has 0 radical (unpaired) electrons. The van der Waals surface area contributed by atoms with Crippen LogP contribution in [0.4, 0.5) is 0 Å². The first-order valence-corrected chi connectivity index (χ1v) is 8.28. The van der Waals surface area contributed by atoms with Crippen LogP contribution in [0.2, 0.25) is 0 Å². The summed E-state index contributed by atoms with van der Waals surface area (Å²) in [5, 5.41) is 2.84. The predicted octanol–water partition coefficient (Wildman–Crippen LogP) is 2.22. The van der Waals surface area contributed by atoms with Gasteiger partial charge >= 0.3 is 0 Å². The van der Waals surface area contributed by atoms with Crippen LogP contribution in [0.15, 0.2) is 30.3 Å². The molecule has 5 heteroatoms. The van der Waals surface area contributed by atoms with Gasteiger partial charge in [-0.15, -0.1) is 0 Å². The molecule has 23 heavy (non-hydrogen) atoms. The maximum absolute atomic E-state index is 12.7. The smallest absolute Gasteiger partial charge is 0.245 e. The Balaban J connectivity index is 1.86. The molecule has 1 atom stereocenters. The summed E-state index contributed by atoms with van der Waals surface area (Å²) in [7, 11) is 1.76. The Labute approximate surface area is 138 Å². The summed E-state index contributed by atoms with van der Waals surface area (Å²) in [6.07, 6.45) is 4.28. The fraction of sp³-hybridized carbons (Fsp3) is 0.556. The molecule has 1 aliphatic rings. The van der Waals surface area contributed by atoms with E-state index in [9.17, 15) is 9.59 Å². The number of amides is 2. The number of nitrogens with zero attached hydrogens (tertiary/aromatic N) is 1. The molecule has 1 aromatic rings. The van der Waals surface area contributed by atoms with Crippen molar-refractivity contribution in [1.82, 2.24) is 10.2 Å². The summed E-state index contributed by atoms with van der Waals surface area (Å²) < 4.78 is 5.63. The van der Waals surface area contributed by atoms with Gasteiger partial charge in [-0.2, -0.15) is 0 Å². The van der Waals surface area contributed by atoms with E-state index in [1.807, 2.05) is 30.3 Å². The Hall–Kier alpha value is -2.04. The van der Waals surface area contributed by atoms with Crippen LogP contribution >= 0.6 is 0 Å². The van der Waals surface area contributed by atoms with Crippen LogP contribution in [0.1, 0.15) is 32.6 Å². The lowest BCUT2D eigenvalue weighted by atomic mass is 9.97. The van der Waals surface area contributed by atoms with Crippen molar-refractivity contribution in [2.24, 2.45) is 5.92 Å². The molecule has 5 nitrogen and oxygen atoms in total. The monoisotopic (exact) mass is 318 g/mol. The minimum absolute atomic E-state index is 0.0243. The van der Waals surface area contributed by atoms with Crippen molar-refractivity contribution < 1.29 is 14.3 Å². The molecular weight excluding hydrogens is 292 g/mol. The minimum atomic E-state index is -0.406. The van der Waals surface area contributed by atoms with Crippen LogP contribution in [-0.2, 0) is 9.59 Å². The van der Waals surface area contributed by atoms with Crippen molar-refractivity contribution in [3.05, 3.63) is 30.3 Å². The highest BCUT2D eigenvalue weighted by Crippen LogP contribution is 2.28. The van der Waals surface area contributed by atoms with Crippen LogP contribution in [0.25, 0.3) is 0 Å². The van der Waals surface area contributed by atoms with E-state index in [1.165, 1.54) is 6.92 Å². The van der Waals surface area contributed by atoms with Gasteiger partial charge in [-0.3, -0.25) is 9.59 Å². The average molecular weight is 318 g/mol. The van der Waals surface area contributed by atoms with Crippen LogP contribution in [0, 0.1) is 5.92 Å². The summed E-state index contributed by atoms with van der Waals surface area (Å²) in [4.78, 5) is 25.7. The molecule has 126 valence electrons. The number of rotatable bonds is 7. The van der Waals surface area contributed by atoms with Crippen molar-refractivity contribution in [2.45, 2.75) is 38.6 Å². The fourth-order valence-electron chi connectivity index (χ4n) is 3.06. The van der Waals surface area contributed by atoms with E-state index in [1.54, 1.807) is 11.9 Å². The van der Waals surface area contributed by atoms with E-state index in [0.29, 0.717) is 13.2 Å². The van der Waals surface area contributed by atoms with Crippen LogP contribution < -0.4 is 10.1 Å². The van der Waals surface area contributed by atoms with Gasteiger partial charge in [0, 0.05) is 14.0 Å². The first-order valence-electron chi connectivity index (χ1n) is 8.28. The Morgan fingerprint density at radius 3 is 2.52 bits per heavy atom. The topological polar surface area (TPSA) is 58.6 Å². The van der Waals surface area contributed by atoms with Gasteiger partial charge in [0.15, 0.2) is 0 Å². The van der Waals surface area contributed by atoms with Gasteiger partial charge in [-0.05, 0) is 30.9 Å². The van der Waals surface area contributed by atoms with E-state index in [2.05, 4.69) is 5.32 Å². The number of carbonyl (C=O) groups is 2. The number of hydrogen-bond acceptors (Lipinski definition) is 3. The summed E-state index contributed by atoms with van der Waals surface area (Å²) in [5.41, 5.74) is 0. The number of hydrogen-bond donors (Lipinski definition) is 1. The standard InChI is InChI=1S/C18H26N2O3/c1-14(21)19-17(15-8-6-7-9-15)18(22)20(2)12-13-23-16-10-4-3-5-11-16/h3-5,10-11,15,17H,6-9,12-13H2,1-2H3,(H,19,21). The zero-order chi connectivity index (χ0) is 16.7. The first kappa shape index (κ1) is 17.3. The summed E-state index contributed by atoms with van der Waals surface area (Å²) in [6, 6.07) is 9.13. The molecule has 0 spiro atoms. The third kappa shape index (κ3) is 5.27. The van der Waals surface area contributed by atoms with Crippen molar-refractivity contribution in [2.75, 3.05) is 20.2 Å². The normalized spacial score (nSPS) is 15.9. The van der Waals surface area contributed by atoms with E-state index in [0.717, 1.165) is 31.4 Å². The number of likely N-dealkylation sites (N-methyl/N-ethyl adjacent to an activating group) is 1. The minimum Gasteiger partial charge on any atom is -0.492 e. The maximum atomic E-state index is 12.7. The molecule has 0 saturated heterocycles. The summed E-state index contributed by atoms with van der Waals surface area (Å²) in [6.45, 7) is 2.40. The molecular formula is C18H26N2O3. The third-order valence-electron chi connectivity index (χ3n) is 4.31. The predicted molar refractivity (Wildman–Crippen MR) is 89.1 cm³/mol. The molecule has 2 rings (SSSR count). The van der Waals surface area contributed by atoms with Crippen molar-refractivity contribution in [3.8, 4) is 5.75 Å². The quantitative estimate of drug-likeness (QED) is 0.838. The summed E-state index contributed by atoms with van der Waals surface area (Å²) in [5.74, 6) is 0.874. The van der Waals surface area contributed by atoms with Gasteiger partial charge in [-0.1, -0.05) is 31.0 Å². The second-order valence-corrected chi connectivity index (χ2v) is 6.14. The number of benzene rings is 1. The van der Waals surface area contributed by atoms with Gasteiger partial charge < -0.3 is 15.0 Å². The first-order chi connectivity index (χ1) is 11.1. The Kier molecular flexibility index (Phi) is 6.44. The Bertz CT molecular complexity index is 512. The largest absolute Gasteiger partial charge is 0.492 e. The van der Waals surface area contributed by atoms with Crippen LogP contribution in [-0.4, -0.2) is 43.0 Å². The van der Waals surface area contributed by atoms with Crippen LogP contribution in [0.5, 0.6) is 5.75 Å². The van der Waals surface area contributed by atoms with Gasteiger partial charge in [0.2, 0.25) is 11.8 Å². The van der Waals surface area contributed by atoms with Crippen molar-refractivity contribution in [3.63, 3.8) is 0 Å². The van der Waals surface area contributed by atoms with E-state index in [4.69, 9.17) is 4.74 Å². The molecule has 1 fully saturated rings. The molecule has 1 saturated carbocycles. The zero-order valence-corrected chi connectivity index (χ0v) is 14.0. The Morgan fingerprint density at radius 1 is 1.26 bits per heavy atom. The SMILES string of the molecule is CC(=O)NC(C(=O)N(C)CCOc1ccccc1)C1CCCC1. The van der Waals surface area contributed by atoms with E-state index >= 15 is 0 Å². The summed E-state index contributed by atoms with van der Waals surface area (Å²) >= 11 is 0.